The Balaban J connectivity index is 2.03. The standard InChI is InChI=1S/C10H8I2O3/c13-9(14)10(3-4-10)6-1-2-7-8(5-6)12-15-11-7/h1-2,5H,3-4H2,(H,13,14)/q-2. The number of aliphatic carboxylic acids is 1. The van der Waals surface area contributed by atoms with E-state index in [1.807, 2.05) is 6.07 Å². The van der Waals surface area contributed by atoms with Gasteiger partial charge in [0.2, 0.25) is 0 Å². The second kappa shape index (κ2) is 3.56. The van der Waals surface area contributed by atoms with Gasteiger partial charge >= 0.3 is 110 Å². The molecule has 3 nitrogen and oxygen atoms in total. The number of carbonyl (C=O) groups is 1. The number of fused-ring (bicyclic) bond motifs is 1. The number of carboxylic acid groups (broad SMARTS) is 1. The molecule has 1 fully saturated rings. The van der Waals surface area contributed by atoms with E-state index >= 15 is 0 Å². The molecular formula is C10H8I2O3-2. The third-order valence-electron chi connectivity index (χ3n) is 2.86. The summed E-state index contributed by atoms with van der Waals surface area (Å²) in [7, 11) is 0. The molecule has 5 heteroatoms. The van der Waals surface area contributed by atoms with E-state index in [0.29, 0.717) is 0 Å². The molecule has 1 aliphatic carbocycles. The predicted molar refractivity (Wildman–Crippen MR) is 43.5 cm³/mol. The summed E-state index contributed by atoms with van der Waals surface area (Å²) in [5, 5.41) is 9.19. The summed E-state index contributed by atoms with van der Waals surface area (Å²) in [6, 6.07) is 6.14. The van der Waals surface area contributed by atoms with Crippen molar-refractivity contribution >= 4 is 5.97 Å². The van der Waals surface area contributed by atoms with Gasteiger partial charge < -0.3 is 0 Å². The topological polar surface area (TPSA) is 46.5 Å². The van der Waals surface area contributed by atoms with Crippen LogP contribution in [0.5, 0.6) is 0 Å². The first-order valence-corrected chi connectivity index (χ1v) is 8.48. The molecule has 15 heavy (non-hydrogen) atoms. The Morgan fingerprint density at radius 2 is 2.07 bits per heavy atom. The summed E-state index contributed by atoms with van der Waals surface area (Å²) in [6.07, 6.45) is 1.57. The minimum atomic E-state index is -0.672. The van der Waals surface area contributed by atoms with Crippen molar-refractivity contribution in [3.63, 3.8) is 0 Å². The minimum absolute atomic E-state index is 0.221. The predicted octanol–water partition coefficient (Wildman–Crippen LogP) is -4.82. The van der Waals surface area contributed by atoms with Crippen molar-refractivity contribution < 1.29 is 54.5 Å². The first kappa shape index (κ1) is 10.3. The van der Waals surface area contributed by atoms with Gasteiger partial charge in [-0.2, -0.15) is 0 Å². The van der Waals surface area contributed by atoms with E-state index in [0.717, 1.165) is 18.4 Å². The van der Waals surface area contributed by atoms with Crippen molar-refractivity contribution in [2.45, 2.75) is 18.3 Å². The Morgan fingerprint density at radius 3 is 2.73 bits per heavy atom. The van der Waals surface area contributed by atoms with Gasteiger partial charge in [-0.15, -0.1) is 0 Å². The SMILES string of the molecule is O=C(O)C1(c2ccc3c(c2)[I-]O[I-]3)CC1. The van der Waals surface area contributed by atoms with Crippen LogP contribution >= 0.6 is 0 Å². The van der Waals surface area contributed by atoms with E-state index in [2.05, 4.69) is 12.1 Å². The summed E-state index contributed by atoms with van der Waals surface area (Å²) in [5.41, 5.74) is 0.433. The molecule has 0 spiro atoms. The van der Waals surface area contributed by atoms with E-state index < -0.39 is 11.4 Å². The summed E-state index contributed by atoms with van der Waals surface area (Å²) in [6.45, 7) is 0. The van der Waals surface area contributed by atoms with Gasteiger partial charge in [-0.3, -0.25) is 0 Å². The average molecular weight is 430 g/mol. The van der Waals surface area contributed by atoms with Crippen molar-refractivity contribution in [3.8, 4) is 0 Å². The van der Waals surface area contributed by atoms with Gasteiger partial charge in [-0.1, -0.05) is 0 Å². The van der Waals surface area contributed by atoms with Gasteiger partial charge in [0, 0.05) is 0 Å². The fraction of sp³-hybridized carbons (Fsp3) is 0.300. The van der Waals surface area contributed by atoms with E-state index in [4.69, 9.17) is 1.40 Å². The molecule has 0 atom stereocenters. The third-order valence-corrected chi connectivity index (χ3v) is 9.24. The number of halogens is 2. The number of rotatable bonds is 2. The van der Waals surface area contributed by atoms with E-state index in [-0.39, 0.29) is 43.2 Å². The molecule has 82 valence electrons. The summed E-state index contributed by atoms with van der Waals surface area (Å²) >= 11 is -0.500. The van der Waals surface area contributed by atoms with Crippen LogP contribution in [0.15, 0.2) is 18.2 Å². The van der Waals surface area contributed by atoms with Gasteiger partial charge in [-0.25, -0.2) is 0 Å². The quantitative estimate of drug-likeness (QED) is 0.480. The summed E-state index contributed by atoms with van der Waals surface area (Å²) < 4.78 is 8.20. The molecule has 1 aliphatic heterocycles. The van der Waals surface area contributed by atoms with E-state index in [1.165, 1.54) is 7.14 Å². The molecule has 1 saturated carbocycles. The Morgan fingerprint density at radius 1 is 1.33 bits per heavy atom. The second-order valence-corrected chi connectivity index (χ2v) is 9.50. The van der Waals surface area contributed by atoms with Gasteiger partial charge in [0.25, 0.3) is 0 Å². The van der Waals surface area contributed by atoms with Crippen molar-refractivity contribution in [2.75, 3.05) is 0 Å². The molecule has 0 unspecified atom stereocenters. The molecule has 0 amide bonds. The second-order valence-electron chi connectivity index (χ2n) is 3.73. The van der Waals surface area contributed by atoms with Gasteiger partial charge in [0.15, 0.2) is 0 Å². The van der Waals surface area contributed by atoms with Gasteiger partial charge in [0.1, 0.15) is 0 Å². The Bertz CT molecular complexity index is 440. The number of hydrogen-bond acceptors (Lipinski definition) is 2. The van der Waals surface area contributed by atoms with Crippen molar-refractivity contribution in [3.05, 3.63) is 30.9 Å². The molecule has 2 aliphatic rings. The fourth-order valence-electron chi connectivity index (χ4n) is 1.74. The summed E-state index contributed by atoms with van der Waals surface area (Å²) in [5.74, 6) is -0.672. The van der Waals surface area contributed by atoms with E-state index in [1.54, 1.807) is 0 Å². The van der Waals surface area contributed by atoms with Crippen LogP contribution in [0, 0.1) is 7.14 Å². The normalized spacial score (nSPS) is 22.1. The number of carboxylic acids is 1. The van der Waals surface area contributed by atoms with Gasteiger partial charge in [0.05, 0.1) is 0 Å². The van der Waals surface area contributed by atoms with Crippen molar-refractivity contribution in [2.24, 2.45) is 0 Å². The molecule has 0 aromatic heterocycles. The van der Waals surface area contributed by atoms with Crippen LogP contribution in [-0.4, -0.2) is 11.1 Å². The van der Waals surface area contributed by atoms with Crippen LogP contribution in [0.3, 0.4) is 0 Å². The molecule has 3 rings (SSSR count). The molecule has 0 saturated heterocycles. The number of hydrogen-bond donors (Lipinski definition) is 1. The number of benzene rings is 1. The third kappa shape index (κ3) is 1.59. The van der Waals surface area contributed by atoms with Crippen LogP contribution in [0.25, 0.3) is 0 Å². The molecular weight excluding hydrogens is 422 g/mol. The molecule has 1 aromatic rings. The first-order chi connectivity index (χ1) is 7.22. The Hall–Kier alpha value is 0.110. The zero-order valence-electron chi connectivity index (χ0n) is 7.67. The maximum absolute atomic E-state index is 11.2. The molecule has 0 radical (unpaired) electrons. The zero-order valence-corrected chi connectivity index (χ0v) is 12.0. The van der Waals surface area contributed by atoms with Crippen LogP contribution in [0.1, 0.15) is 18.4 Å². The molecule has 1 heterocycles. The first-order valence-electron chi connectivity index (χ1n) is 4.56. The van der Waals surface area contributed by atoms with Gasteiger partial charge in [-0.05, 0) is 0 Å². The van der Waals surface area contributed by atoms with Crippen LogP contribution in [0.4, 0.5) is 0 Å². The van der Waals surface area contributed by atoms with Crippen molar-refractivity contribution in [1.82, 2.24) is 0 Å². The molecule has 0 bridgehead atoms. The van der Waals surface area contributed by atoms with Crippen LogP contribution in [0.2, 0.25) is 0 Å². The molecule has 1 aromatic carbocycles. The maximum atomic E-state index is 11.2. The van der Waals surface area contributed by atoms with Crippen LogP contribution in [-0.2, 0) is 11.6 Å². The zero-order chi connectivity index (χ0) is 10.5. The molecule has 1 N–H and O–H groups in total. The fourth-order valence-corrected chi connectivity index (χ4v) is 7.81. The van der Waals surface area contributed by atoms with Crippen molar-refractivity contribution in [1.29, 1.82) is 0 Å². The average Bonchev–Trinajstić information content (AvgIpc) is 2.91. The monoisotopic (exact) mass is 430 g/mol. The van der Waals surface area contributed by atoms with E-state index in [9.17, 15) is 9.90 Å². The van der Waals surface area contributed by atoms with Crippen LogP contribution < -0.4 is 43.2 Å². The Kier molecular flexibility index (Phi) is 2.44. The summed E-state index contributed by atoms with van der Waals surface area (Å²) in [4.78, 5) is 11.2. The Labute approximate surface area is 109 Å².